The van der Waals surface area contributed by atoms with Crippen molar-refractivity contribution in [3.63, 3.8) is 0 Å². The van der Waals surface area contributed by atoms with E-state index in [1.54, 1.807) is 24.3 Å². The molecule has 0 N–H and O–H groups in total. The van der Waals surface area contributed by atoms with Crippen LogP contribution in [-0.4, -0.2) is 5.92 Å². The first-order valence-corrected chi connectivity index (χ1v) is 5.47. The lowest BCUT2D eigenvalue weighted by molar-refractivity contribution is -0.0969. The van der Waals surface area contributed by atoms with Crippen molar-refractivity contribution in [1.82, 2.24) is 0 Å². The van der Waals surface area contributed by atoms with E-state index < -0.39 is 11.3 Å². The van der Waals surface area contributed by atoms with Gasteiger partial charge in [0.15, 0.2) is 0 Å². The van der Waals surface area contributed by atoms with Crippen molar-refractivity contribution < 1.29 is 8.78 Å². The maximum Gasteiger partial charge on any atom is 0.254 e. The molecule has 0 amide bonds. The van der Waals surface area contributed by atoms with Crippen molar-refractivity contribution in [2.24, 2.45) is 0 Å². The van der Waals surface area contributed by atoms with Gasteiger partial charge in [0.1, 0.15) is 0 Å². The highest BCUT2D eigenvalue weighted by atomic mass is 35.5. The SMILES string of the molecule is CC(F)(F)C1(c2ccc(Cl)cc2)CCC1. The largest absolute Gasteiger partial charge is 0.254 e. The van der Waals surface area contributed by atoms with Gasteiger partial charge in [-0.1, -0.05) is 30.2 Å². The molecule has 0 aromatic heterocycles. The average Bonchev–Trinajstić information content (AvgIpc) is 2.03. The molecule has 0 atom stereocenters. The summed E-state index contributed by atoms with van der Waals surface area (Å²) in [7, 11) is 0. The average molecular weight is 231 g/mol. The van der Waals surface area contributed by atoms with E-state index in [9.17, 15) is 8.78 Å². The van der Waals surface area contributed by atoms with Gasteiger partial charge < -0.3 is 0 Å². The summed E-state index contributed by atoms with van der Waals surface area (Å²) in [5.41, 5.74) is -0.233. The summed E-state index contributed by atoms with van der Waals surface area (Å²) in [4.78, 5) is 0. The summed E-state index contributed by atoms with van der Waals surface area (Å²) in [5, 5.41) is 0.590. The molecule has 1 aromatic carbocycles. The van der Waals surface area contributed by atoms with Crippen molar-refractivity contribution in [2.75, 3.05) is 0 Å². The zero-order valence-corrected chi connectivity index (χ0v) is 9.32. The molecular weight excluding hydrogens is 218 g/mol. The molecule has 1 aliphatic rings. The first-order valence-electron chi connectivity index (χ1n) is 5.10. The summed E-state index contributed by atoms with van der Waals surface area (Å²) in [6.07, 6.45) is 2.02. The Balaban J connectivity index is 2.39. The minimum atomic E-state index is -2.65. The van der Waals surface area contributed by atoms with Crippen molar-refractivity contribution in [2.45, 2.75) is 37.5 Å². The van der Waals surface area contributed by atoms with E-state index in [4.69, 9.17) is 11.6 Å². The molecule has 2 rings (SSSR count). The summed E-state index contributed by atoms with van der Waals surface area (Å²) in [5.74, 6) is -2.65. The van der Waals surface area contributed by atoms with Gasteiger partial charge in [0.2, 0.25) is 0 Å². The number of hydrogen-bond acceptors (Lipinski definition) is 0. The maximum atomic E-state index is 13.6. The highest BCUT2D eigenvalue weighted by molar-refractivity contribution is 6.30. The van der Waals surface area contributed by atoms with E-state index in [1.807, 2.05) is 0 Å². The number of rotatable bonds is 2. The fourth-order valence-electron chi connectivity index (χ4n) is 2.28. The van der Waals surface area contributed by atoms with Gasteiger partial charge >= 0.3 is 0 Å². The van der Waals surface area contributed by atoms with Gasteiger partial charge in [-0.15, -0.1) is 0 Å². The molecule has 0 unspecified atom stereocenters. The Kier molecular flexibility index (Phi) is 2.50. The fourth-order valence-corrected chi connectivity index (χ4v) is 2.41. The molecule has 1 saturated carbocycles. The lowest BCUT2D eigenvalue weighted by Crippen LogP contribution is -2.48. The minimum absolute atomic E-state index is 0.568. The number of hydrogen-bond donors (Lipinski definition) is 0. The van der Waals surface area contributed by atoms with Crippen LogP contribution in [0.3, 0.4) is 0 Å². The van der Waals surface area contributed by atoms with Gasteiger partial charge in [-0.05, 0) is 30.5 Å². The minimum Gasteiger partial charge on any atom is -0.206 e. The molecule has 0 spiro atoms. The number of alkyl halides is 2. The van der Waals surface area contributed by atoms with Crippen LogP contribution in [0.25, 0.3) is 0 Å². The van der Waals surface area contributed by atoms with Gasteiger partial charge in [0.05, 0.1) is 5.41 Å². The van der Waals surface area contributed by atoms with E-state index in [2.05, 4.69) is 0 Å². The Morgan fingerprint density at radius 2 is 1.73 bits per heavy atom. The Morgan fingerprint density at radius 1 is 1.20 bits per heavy atom. The van der Waals surface area contributed by atoms with E-state index in [-0.39, 0.29) is 0 Å². The van der Waals surface area contributed by atoms with Crippen LogP contribution in [0.1, 0.15) is 31.7 Å². The molecule has 1 aliphatic carbocycles. The van der Waals surface area contributed by atoms with Crippen LogP contribution in [-0.2, 0) is 5.41 Å². The third kappa shape index (κ3) is 1.65. The normalized spacial score (nSPS) is 19.7. The Labute approximate surface area is 93.2 Å². The van der Waals surface area contributed by atoms with E-state index in [1.165, 1.54) is 0 Å². The van der Waals surface area contributed by atoms with Gasteiger partial charge in [-0.25, -0.2) is 8.78 Å². The van der Waals surface area contributed by atoms with Crippen LogP contribution >= 0.6 is 11.6 Å². The Hall–Kier alpha value is -0.630. The van der Waals surface area contributed by atoms with Crippen molar-refractivity contribution in [3.05, 3.63) is 34.9 Å². The summed E-state index contributed by atoms with van der Waals surface area (Å²) in [6.45, 7) is 1.01. The molecule has 1 fully saturated rings. The molecule has 0 bridgehead atoms. The standard InChI is InChI=1S/C12H13ClF2/c1-11(14,15)12(7-2-8-12)9-3-5-10(13)6-4-9/h3-6H,2,7-8H2,1H3. The second-order valence-electron chi connectivity index (χ2n) is 4.33. The molecule has 0 aliphatic heterocycles. The smallest absolute Gasteiger partial charge is 0.206 e. The first-order chi connectivity index (χ1) is 6.96. The van der Waals surface area contributed by atoms with E-state index >= 15 is 0 Å². The van der Waals surface area contributed by atoms with Crippen LogP contribution in [0, 0.1) is 0 Å². The third-order valence-corrected chi connectivity index (χ3v) is 3.70. The highest BCUT2D eigenvalue weighted by Gasteiger charge is 2.54. The first kappa shape index (κ1) is 10.9. The third-order valence-electron chi connectivity index (χ3n) is 3.44. The second-order valence-corrected chi connectivity index (χ2v) is 4.77. The monoisotopic (exact) mass is 230 g/mol. The quantitative estimate of drug-likeness (QED) is 0.706. The van der Waals surface area contributed by atoms with Crippen LogP contribution in [0.5, 0.6) is 0 Å². The zero-order valence-electron chi connectivity index (χ0n) is 8.56. The molecule has 0 nitrogen and oxygen atoms in total. The van der Waals surface area contributed by atoms with Gasteiger partial charge in [-0.3, -0.25) is 0 Å². The highest BCUT2D eigenvalue weighted by Crippen LogP contribution is 2.53. The zero-order chi connectivity index (χ0) is 11.1. The maximum absolute atomic E-state index is 13.6. The lowest BCUT2D eigenvalue weighted by atomic mass is 9.61. The van der Waals surface area contributed by atoms with Gasteiger partial charge in [-0.2, -0.15) is 0 Å². The van der Waals surface area contributed by atoms with Gasteiger partial charge in [0.25, 0.3) is 5.92 Å². The summed E-state index contributed by atoms with van der Waals surface area (Å²) >= 11 is 5.75. The molecule has 1 aromatic rings. The Morgan fingerprint density at radius 3 is 2.07 bits per heavy atom. The van der Waals surface area contributed by atoms with E-state index in [0.717, 1.165) is 13.3 Å². The second kappa shape index (κ2) is 3.44. The molecule has 82 valence electrons. The van der Waals surface area contributed by atoms with Crippen LogP contribution in [0.15, 0.2) is 24.3 Å². The van der Waals surface area contributed by atoms with Crippen LogP contribution in [0.2, 0.25) is 5.02 Å². The summed E-state index contributed by atoms with van der Waals surface area (Å²) < 4.78 is 27.2. The lowest BCUT2D eigenvalue weighted by Gasteiger charge is -2.46. The molecule has 0 saturated heterocycles. The molecule has 15 heavy (non-hydrogen) atoms. The van der Waals surface area contributed by atoms with Crippen LogP contribution < -0.4 is 0 Å². The van der Waals surface area contributed by atoms with E-state index in [0.29, 0.717) is 23.4 Å². The van der Waals surface area contributed by atoms with Crippen molar-refractivity contribution in [3.8, 4) is 0 Å². The fraction of sp³-hybridized carbons (Fsp3) is 0.500. The number of benzene rings is 1. The molecular formula is C12H13ClF2. The van der Waals surface area contributed by atoms with Crippen molar-refractivity contribution in [1.29, 1.82) is 0 Å². The predicted molar refractivity (Wildman–Crippen MR) is 57.6 cm³/mol. The molecule has 0 radical (unpaired) electrons. The molecule has 3 heteroatoms. The van der Waals surface area contributed by atoms with Gasteiger partial charge in [0, 0.05) is 11.9 Å². The summed E-state index contributed by atoms with van der Waals surface area (Å²) in [6, 6.07) is 6.81. The van der Waals surface area contributed by atoms with Crippen LogP contribution in [0.4, 0.5) is 8.78 Å². The van der Waals surface area contributed by atoms with Crippen molar-refractivity contribution >= 4 is 11.6 Å². The molecule has 0 heterocycles. The Bertz CT molecular complexity index is 347. The predicted octanol–water partition coefficient (Wildman–Crippen LogP) is 4.42. The number of halogens is 3. The topological polar surface area (TPSA) is 0 Å².